The fourth-order valence-electron chi connectivity index (χ4n) is 1.34. The van der Waals surface area contributed by atoms with Crippen LogP contribution in [0.2, 0.25) is 0 Å². The zero-order valence-electron chi connectivity index (χ0n) is 10.4. The zero-order chi connectivity index (χ0) is 13.7. The summed E-state index contributed by atoms with van der Waals surface area (Å²) in [5, 5.41) is 11.7. The molecule has 0 aliphatic carbocycles. The molecule has 1 amide bonds. The summed E-state index contributed by atoms with van der Waals surface area (Å²) in [5.41, 5.74) is 6.68. The van der Waals surface area contributed by atoms with Crippen molar-refractivity contribution in [3.63, 3.8) is 0 Å². The van der Waals surface area contributed by atoms with E-state index in [0.29, 0.717) is 17.9 Å². The van der Waals surface area contributed by atoms with E-state index in [1.807, 2.05) is 6.92 Å². The average Bonchev–Trinajstić information content (AvgIpc) is 2.35. The number of anilines is 2. The lowest BCUT2D eigenvalue weighted by Gasteiger charge is -2.16. The second-order valence-electron chi connectivity index (χ2n) is 3.87. The normalized spacial score (nSPS) is 9.89. The molecule has 6 heteroatoms. The van der Waals surface area contributed by atoms with Crippen molar-refractivity contribution in [3.8, 4) is 0 Å². The highest BCUT2D eigenvalue weighted by Crippen LogP contribution is 2.19. The first-order chi connectivity index (χ1) is 8.45. The molecule has 0 fully saturated rings. The van der Waals surface area contributed by atoms with Crippen molar-refractivity contribution in [2.75, 3.05) is 31.2 Å². The van der Waals surface area contributed by atoms with Gasteiger partial charge < -0.3 is 21.1 Å². The number of hydrogen-bond donors (Lipinski definition) is 3. The molecule has 18 heavy (non-hydrogen) atoms. The van der Waals surface area contributed by atoms with Crippen molar-refractivity contribution in [1.82, 2.24) is 4.90 Å². The standard InChI is InChI=1S/C12H17N3O3/c1-3-15(2)11(16)7-14-10-5-4-8(12(17)18)6-9(10)13/h4-6,14H,3,7,13H2,1-2H3,(H,17,18). The third-order valence-electron chi connectivity index (χ3n) is 2.63. The largest absolute Gasteiger partial charge is 0.478 e. The molecular formula is C12H17N3O3. The minimum Gasteiger partial charge on any atom is -0.478 e. The number of amides is 1. The Morgan fingerprint density at radius 2 is 2.11 bits per heavy atom. The zero-order valence-corrected chi connectivity index (χ0v) is 10.4. The van der Waals surface area contributed by atoms with Gasteiger partial charge in [0, 0.05) is 13.6 Å². The molecule has 0 saturated heterocycles. The van der Waals surface area contributed by atoms with Crippen molar-refractivity contribution in [1.29, 1.82) is 0 Å². The maximum absolute atomic E-state index is 11.6. The number of rotatable bonds is 5. The van der Waals surface area contributed by atoms with Crippen LogP contribution < -0.4 is 11.1 Å². The Kier molecular flexibility index (Phi) is 4.53. The SMILES string of the molecule is CCN(C)C(=O)CNc1ccc(C(=O)O)cc1N. The Morgan fingerprint density at radius 3 is 2.61 bits per heavy atom. The van der Waals surface area contributed by atoms with Gasteiger partial charge in [-0.05, 0) is 25.1 Å². The first kappa shape index (κ1) is 13.8. The highest BCUT2D eigenvalue weighted by molar-refractivity contribution is 5.91. The highest BCUT2D eigenvalue weighted by atomic mass is 16.4. The fraction of sp³-hybridized carbons (Fsp3) is 0.333. The molecule has 0 unspecified atom stereocenters. The van der Waals surface area contributed by atoms with E-state index in [2.05, 4.69) is 5.32 Å². The van der Waals surface area contributed by atoms with Crippen LogP contribution in [0.3, 0.4) is 0 Å². The molecule has 0 heterocycles. The summed E-state index contributed by atoms with van der Waals surface area (Å²) in [6, 6.07) is 4.35. The summed E-state index contributed by atoms with van der Waals surface area (Å²) in [5.74, 6) is -1.09. The summed E-state index contributed by atoms with van der Waals surface area (Å²) in [4.78, 5) is 23.9. The van der Waals surface area contributed by atoms with Crippen molar-refractivity contribution in [2.45, 2.75) is 6.92 Å². The molecule has 1 aromatic rings. The van der Waals surface area contributed by atoms with Crippen molar-refractivity contribution in [3.05, 3.63) is 23.8 Å². The van der Waals surface area contributed by atoms with Crippen molar-refractivity contribution < 1.29 is 14.7 Å². The van der Waals surface area contributed by atoms with Crippen LogP contribution in [0.4, 0.5) is 11.4 Å². The number of hydrogen-bond acceptors (Lipinski definition) is 4. The van der Waals surface area contributed by atoms with Gasteiger partial charge in [0.15, 0.2) is 0 Å². The number of nitrogens with zero attached hydrogens (tertiary/aromatic N) is 1. The van der Waals surface area contributed by atoms with E-state index in [0.717, 1.165) is 0 Å². The minimum absolute atomic E-state index is 0.0563. The number of aromatic carboxylic acids is 1. The number of carbonyl (C=O) groups excluding carboxylic acids is 1. The molecule has 0 aliphatic heterocycles. The Labute approximate surface area is 105 Å². The van der Waals surface area contributed by atoms with Gasteiger partial charge in [-0.1, -0.05) is 0 Å². The summed E-state index contributed by atoms with van der Waals surface area (Å²) in [6.07, 6.45) is 0. The number of nitrogens with one attached hydrogen (secondary N) is 1. The van der Waals surface area contributed by atoms with Gasteiger partial charge in [0.05, 0.1) is 23.5 Å². The Bertz CT molecular complexity index is 460. The molecule has 1 rings (SSSR count). The number of likely N-dealkylation sites (N-methyl/N-ethyl adjacent to an activating group) is 1. The molecular weight excluding hydrogens is 234 g/mol. The molecule has 1 aromatic carbocycles. The molecule has 4 N–H and O–H groups in total. The van der Waals surface area contributed by atoms with Crippen molar-refractivity contribution in [2.24, 2.45) is 0 Å². The van der Waals surface area contributed by atoms with Crippen LogP contribution in [0.15, 0.2) is 18.2 Å². The van der Waals surface area contributed by atoms with Crippen molar-refractivity contribution >= 4 is 23.3 Å². The molecule has 0 radical (unpaired) electrons. The van der Waals surface area contributed by atoms with Crippen LogP contribution in [0.5, 0.6) is 0 Å². The molecule has 0 saturated carbocycles. The first-order valence-electron chi connectivity index (χ1n) is 5.56. The van der Waals surface area contributed by atoms with E-state index in [1.165, 1.54) is 12.1 Å². The van der Waals surface area contributed by atoms with Crippen LogP contribution in [0.25, 0.3) is 0 Å². The predicted molar refractivity (Wildman–Crippen MR) is 69.6 cm³/mol. The summed E-state index contributed by atoms with van der Waals surface area (Å²) in [6.45, 7) is 2.64. The molecule has 6 nitrogen and oxygen atoms in total. The quantitative estimate of drug-likeness (QED) is 0.674. The topological polar surface area (TPSA) is 95.7 Å². The Balaban J connectivity index is 2.69. The molecule has 0 aromatic heterocycles. The van der Waals surface area contributed by atoms with Gasteiger partial charge >= 0.3 is 5.97 Å². The van der Waals surface area contributed by atoms with Crippen LogP contribution in [0, 0.1) is 0 Å². The molecule has 0 bridgehead atoms. The third-order valence-corrected chi connectivity index (χ3v) is 2.63. The van der Waals surface area contributed by atoms with E-state index in [1.54, 1.807) is 18.0 Å². The first-order valence-corrected chi connectivity index (χ1v) is 5.56. The number of carboxylic acids is 1. The van der Waals surface area contributed by atoms with Crippen LogP contribution in [-0.2, 0) is 4.79 Å². The molecule has 0 aliphatic rings. The van der Waals surface area contributed by atoms with Crippen LogP contribution in [0.1, 0.15) is 17.3 Å². The third kappa shape index (κ3) is 3.38. The summed E-state index contributed by atoms with van der Waals surface area (Å²) >= 11 is 0. The minimum atomic E-state index is -1.03. The lowest BCUT2D eigenvalue weighted by molar-refractivity contribution is -0.127. The Hall–Kier alpha value is -2.24. The number of carboxylic acid groups (broad SMARTS) is 1. The van der Waals surface area contributed by atoms with Gasteiger partial charge in [-0.2, -0.15) is 0 Å². The fourth-order valence-corrected chi connectivity index (χ4v) is 1.34. The number of nitrogens with two attached hydrogens (primary N) is 1. The van der Waals surface area contributed by atoms with Gasteiger partial charge in [0.1, 0.15) is 0 Å². The highest BCUT2D eigenvalue weighted by Gasteiger charge is 2.09. The van der Waals surface area contributed by atoms with E-state index >= 15 is 0 Å². The lowest BCUT2D eigenvalue weighted by Crippen LogP contribution is -2.32. The number of benzene rings is 1. The Morgan fingerprint density at radius 1 is 1.44 bits per heavy atom. The monoisotopic (exact) mass is 251 g/mol. The maximum atomic E-state index is 11.6. The molecule has 0 spiro atoms. The molecule has 0 atom stereocenters. The smallest absolute Gasteiger partial charge is 0.335 e. The van der Waals surface area contributed by atoms with E-state index < -0.39 is 5.97 Å². The maximum Gasteiger partial charge on any atom is 0.335 e. The summed E-state index contributed by atoms with van der Waals surface area (Å²) in [7, 11) is 1.71. The van der Waals surface area contributed by atoms with Gasteiger partial charge in [-0.25, -0.2) is 4.79 Å². The van der Waals surface area contributed by atoms with E-state index in [-0.39, 0.29) is 18.0 Å². The van der Waals surface area contributed by atoms with Crippen LogP contribution >= 0.6 is 0 Å². The second-order valence-corrected chi connectivity index (χ2v) is 3.87. The number of nitrogen functional groups attached to an aromatic ring is 1. The van der Waals surface area contributed by atoms with E-state index in [9.17, 15) is 9.59 Å². The predicted octanol–water partition coefficient (Wildman–Crippen LogP) is 0.857. The van der Waals surface area contributed by atoms with E-state index in [4.69, 9.17) is 10.8 Å². The number of carbonyl (C=O) groups is 2. The average molecular weight is 251 g/mol. The van der Waals surface area contributed by atoms with Crippen LogP contribution in [-0.4, -0.2) is 42.0 Å². The van der Waals surface area contributed by atoms with Gasteiger partial charge in [-0.3, -0.25) is 4.79 Å². The second kappa shape index (κ2) is 5.90. The molecule has 98 valence electrons. The van der Waals surface area contributed by atoms with Gasteiger partial charge in [0.25, 0.3) is 0 Å². The lowest BCUT2D eigenvalue weighted by atomic mass is 10.1. The van der Waals surface area contributed by atoms with Gasteiger partial charge in [-0.15, -0.1) is 0 Å². The van der Waals surface area contributed by atoms with Gasteiger partial charge in [0.2, 0.25) is 5.91 Å². The summed E-state index contributed by atoms with van der Waals surface area (Å²) < 4.78 is 0.